The summed E-state index contributed by atoms with van der Waals surface area (Å²) in [6.07, 6.45) is -1.24. The SMILES string of the molecule is COC(=O)OCC1CN(c2cc(F)c(N3CCN(C(=O)CN)CC3)c(F)c2)CO1. The molecule has 2 fully saturated rings. The molecular weight excluding hydrogens is 390 g/mol. The molecule has 2 aliphatic rings. The predicted octanol–water partition coefficient (Wildman–Crippen LogP) is 0.518. The van der Waals surface area contributed by atoms with Crippen molar-refractivity contribution in [3.05, 3.63) is 23.8 Å². The number of amides is 1. The molecule has 2 N–H and O–H groups in total. The number of piperazine rings is 1. The van der Waals surface area contributed by atoms with E-state index in [0.717, 1.165) is 0 Å². The van der Waals surface area contributed by atoms with Gasteiger partial charge in [0, 0.05) is 38.4 Å². The summed E-state index contributed by atoms with van der Waals surface area (Å²) in [5.74, 6) is -1.55. The predicted molar refractivity (Wildman–Crippen MR) is 99.6 cm³/mol. The number of halogens is 2. The summed E-state index contributed by atoms with van der Waals surface area (Å²) in [6, 6.07) is 2.51. The summed E-state index contributed by atoms with van der Waals surface area (Å²) < 4.78 is 44.2. The standard InChI is InChI=1S/C18H24F2N4O5/c1-27-18(26)28-10-13-9-24(11-29-13)12-6-14(19)17(15(20)7-12)23-4-2-22(3-5-23)16(25)8-21/h6-7,13H,2-5,8-11,21H2,1H3. The summed E-state index contributed by atoms with van der Waals surface area (Å²) in [4.78, 5) is 27.5. The Hall–Kier alpha value is -2.66. The van der Waals surface area contributed by atoms with Gasteiger partial charge in [0.2, 0.25) is 5.91 Å². The second-order valence-electron chi connectivity index (χ2n) is 6.74. The third-order valence-electron chi connectivity index (χ3n) is 4.93. The van der Waals surface area contributed by atoms with Crippen LogP contribution >= 0.6 is 0 Å². The van der Waals surface area contributed by atoms with Crippen LogP contribution < -0.4 is 15.5 Å². The Kier molecular flexibility index (Phi) is 6.70. The number of anilines is 2. The molecule has 0 aliphatic carbocycles. The van der Waals surface area contributed by atoms with E-state index >= 15 is 0 Å². The zero-order chi connectivity index (χ0) is 21.0. The number of hydrogen-bond acceptors (Lipinski definition) is 8. The number of methoxy groups -OCH3 is 1. The van der Waals surface area contributed by atoms with Crippen LogP contribution in [0.25, 0.3) is 0 Å². The Morgan fingerprint density at radius 3 is 2.41 bits per heavy atom. The van der Waals surface area contributed by atoms with Crippen molar-refractivity contribution in [3.63, 3.8) is 0 Å². The van der Waals surface area contributed by atoms with Gasteiger partial charge in [-0.3, -0.25) is 4.79 Å². The van der Waals surface area contributed by atoms with Gasteiger partial charge >= 0.3 is 6.16 Å². The Morgan fingerprint density at radius 1 is 1.17 bits per heavy atom. The van der Waals surface area contributed by atoms with E-state index in [1.807, 2.05) is 0 Å². The summed E-state index contributed by atoms with van der Waals surface area (Å²) >= 11 is 0. The molecule has 3 rings (SSSR count). The Balaban J connectivity index is 1.63. The first-order chi connectivity index (χ1) is 13.9. The van der Waals surface area contributed by atoms with Crippen molar-refractivity contribution in [1.29, 1.82) is 0 Å². The lowest BCUT2D eigenvalue weighted by molar-refractivity contribution is -0.129. The highest BCUT2D eigenvalue weighted by atomic mass is 19.1. The third kappa shape index (κ3) is 4.85. The van der Waals surface area contributed by atoms with Gasteiger partial charge < -0.3 is 34.6 Å². The molecule has 0 bridgehead atoms. The van der Waals surface area contributed by atoms with E-state index in [-0.39, 0.29) is 31.5 Å². The van der Waals surface area contributed by atoms with Crippen LogP contribution in [0.15, 0.2) is 12.1 Å². The Bertz CT molecular complexity index is 735. The first-order valence-corrected chi connectivity index (χ1v) is 9.22. The monoisotopic (exact) mass is 414 g/mol. The van der Waals surface area contributed by atoms with Gasteiger partial charge in [0.05, 0.1) is 13.7 Å². The zero-order valence-corrected chi connectivity index (χ0v) is 16.1. The quantitative estimate of drug-likeness (QED) is 0.697. The van der Waals surface area contributed by atoms with Gasteiger partial charge in [-0.15, -0.1) is 0 Å². The van der Waals surface area contributed by atoms with E-state index in [9.17, 15) is 18.4 Å². The number of carbonyl (C=O) groups excluding carboxylic acids is 2. The third-order valence-corrected chi connectivity index (χ3v) is 4.93. The number of nitrogens with zero attached hydrogens (tertiary/aromatic N) is 3. The second kappa shape index (κ2) is 9.23. The highest BCUT2D eigenvalue weighted by molar-refractivity contribution is 5.78. The van der Waals surface area contributed by atoms with Gasteiger partial charge in [-0.25, -0.2) is 13.6 Å². The number of nitrogens with two attached hydrogens (primary N) is 1. The first kappa shape index (κ1) is 21.1. The summed E-state index contributed by atoms with van der Waals surface area (Å²) in [6.45, 7) is 1.69. The van der Waals surface area contributed by atoms with E-state index in [0.29, 0.717) is 38.4 Å². The van der Waals surface area contributed by atoms with Crippen LogP contribution in [0.2, 0.25) is 0 Å². The molecule has 2 saturated heterocycles. The van der Waals surface area contributed by atoms with Crippen LogP contribution in [0.1, 0.15) is 0 Å². The fourth-order valence-electron chi connectivity index (χ4n) is 3.39. The van der Waals surface area contributed by atoms with Crippen LogP contribution in [-0.2, 0) is 19.0 Å². The highest BCUT2D eigenvalue weighted by Gasteiger charge is 2.28. The lowest BCUT2D eigenvalue weighted by Crippen LogP contribution is -2.50. The average Bonchev–Trinajstić information content (AvgIpc) is 3.20. The van der Waals surface area contributed by atoms with E-state index in [1.54, 1.807) is 14.7 Å². The minimum absolute atomic E-state index is 0.0159. The molecule has 1 atom stereocenters. The molecule has 11 heteroatoms. The maximum absolute atomic E-state index is 14.7. The number of rotatable bonds is 5. The fraction of sp³-hybridized carbons (Fsp3) is 0.556. The average molecular weight is 414 g/mol. The molecule has 29 heavy (non-hydrogen) atoms. The van der Waals surface area contributed by atoms with Crippen molar-refractivity contribution in [2.45, 2.75) is 6.10 Å². The summed E-state index contributed by atoms with van der Waals surface area (Å²) in [5.41, 5.74) is 5.58. The van der Waals surface area contributed by atoms with E-state index in [2.05, 4.69) is 4.74 Å². The van der Waals surface area contributed by atoms with E-state index in [1.165, 1.54) is 19.2 Å². The van der Waals surface area contributed by atoms with Crippen molar-refractivity contribution in [2.75, 3.05) is 69.5 Å². The topological polar surface area (TPSA) is 97.6 Å². The number of hydrogen-bond donors (Lipinski definition) is 1. The van der Waals surface area contributed by atoms with Crippen molar-refractivity contribution in [3.8, 4) is 0 Å². The number of benzene rings is 1. The molecule has 0 spiro atoms. The molecule has 1 aromatic rings. The number of ether oxygens (including phenoxy) is 3. The Labute approximate surface area is 166 Å². The van der Waals surface area contributed by atoms with Crippen LogP contribution in [0.5, 0.6) is 0 Å². The highest BCUT2D eigenvalue weighted by Crippen LogP contribution is 2.31. The van der Waals surface area contributed by atoms with Gasteiger partial charge in [0.1, 0.15) is 25.1 Å². The molecule has 9 nitrogen and oxygen atoms in total. The smallest absolute Gasteiger partial charge is 0.438 e. The summed E-state index contributed by atoms with van der Waals surface area (Å²) in [7, 11) is 1.20. The van der Waals surface area contributed by atoms with E-state index < -0.39 is 23.9 Å². The second-order valence-corrected chi connectivity index (χ2v) is 6.74. The van der Waals surface area contributed by atoms with Gasteiger partial charge in [-0.2, -0.15) is 0 Å². The molecule has 0 saturated carbocycles. The molecule has 1 unspecified atom stereocenters. The fourth-order valence-corrected chi connectivity index (χ4v) is 3.39. The first-order valence-electron chi connectivity index (χ1n) is 9.22. The lowest BCUT2D eigenvalue weighted by Gasteiger charge is -2.36. The molecule has 1 aromatic carbocycles. The molecule has 2 heterocycles. The van der Waals surface area contributed by atoms with Crippen LogP contribution in [0, 0.1) is 11.6 Å². The Morgan fingerprint density at radius 2 is 1.83 bits per heavy atom. The normalized spacial score (nSPS) is 19.4. The maximum Gasteiger partial charge on any atom is 0.508 e. The minimum atomic E-state index is -0.818. The molecule has 0 radical (unpaired) electrons. The van der Waals surface area contributed by atoms with Crippen molar-refractivity contribution in [1.82, 2.24) is 4.90 Å². The van der Waals surface area contributed by atoms with Gasteiger partial charge in [0.15, 0.2) is 11.6 Å². The van der Waals surface area contributed by atoms with Crippen molar-refractivity contribution in [2.24, 2.45) is 5.73 Å². The largest absolute Gasteiger partial charge is 0.508 e. The van der Waals surface area contributed by atoms with Crippen LogP contribution in [0.3, 0.4) is 0 Å². The van der Waals surface area contributed by atoms with Crippen LogP contribution in [0.4, 0.5) is 25.0 Å². The molecule has 0 aromatic heterocycles. The number of carbonyl (C=O) groups is 2. The minimum Gasteiger partial charge on any atom is -0.438 e. The summed E-state index contributed by atoms with van der Waals surface area (Å²) in [5, 5.41) is 0. The molecule has 2 aliphatic heterocycles. The van der Waals surface area contributed by atoms with Crippen LogP contribution in [-0.4, -0.2) is 82.8 Å². The van der Waals surface area contributed by atoms with Gasteiger partial charge in [0.25, 0.3) is 0 Å². The van der Waals surface area contributed by atoms with Gasteiger partial charge in [-0.05, 0) is 12.1 Å². The van der Waals surface area contributed by atoms with Gasteiger partial charge in [-0.1, -0.05) is 0 Å². The molecular formula is C18H24F2N4O5. The lowest BCUT2D eigenvalue weighted by atomic mass is 10.2. The molecule has 160 valence electrons. The van der Waals surface area contributed by atoms with Crippen molar-refractivity contribution >= 4 is 23.4 Å². The van der Waals surface area contributed by atoms with E-state index in [4.69, 9.17) is 15.2 Å². The van der Waals surface area contributed by atoms with Crippen molar-refractivity contribution < 1.29 is 32.6 Å². The zero-order valence-electron chi connectivity index (χ0n) is 16.1. The maximum atomic E-state index is 14.7. The molecule has 1 amide bonds.